The van der Waals surface area contributed by atoms with E-state index in [-0.39, 0.29) is 11.4 Å². The molecule has 0 aromatic carbocycles. The first-order valence-corrected chi connectivity index (χ1v) is 6.44. The predicted octanol–water partition coefficient (Wildman–Crippen LogP) is 3.04. The zero-order chi connectivity index (χ0) is 12.7. The molecule has 0 aromatic heterocycles. The molecule has 0 radical (unpaired) electrons. The van der Waals surface area contributed by atoms with Crippen LogP contribution in [0.1, 0.15) is 51.9 Å². The van der Waals surface area contributed by atoms with Gasteiger partial charge in [-0.1, -0.05) is 12.5 Å². The summed E-state index contributed by atoms with van der Waals surface area (Å²) in [6.07, 6.45) is 7.02. The fraction of sp³-hybridized carbons (Fsp3) is 0.714. The molecule has 3 nitrogen and oxygen atoms in total. The molecular formula is C14H22O3. The van der Waals surface area contributed by atoms with Crippen LogP contribution in [0.15, 0.2) is 12.7 Å². The Hall–Kier alpha value is -1.12. The highest BCUT2D eigenvalue weighted by Crippen LogP contribution is 2.40. The van der Waals surface area contributed by atoms with Crippen molar-refractivity contribution in [2.45, 2.75) is 51.9 Å². The molecule has 0 amide bonds. The fourth-order valence-electron chi connectivity index (χ4n) is 2.59. The molecule has 0 bridgehead atoms. The third kappa shape index (κ3) is 3.69. The van der Waals surface area contributed by atoms with E-state index in [0.717, 1.165) is 19.3 Å². The van der Waals surface area contributed by atoms with Crippen LogP contribution in [-0.4, -0.2) is 18.4 Å². The summed E-state index contributed by atoms with van der Waals surface area (Å²) in [5.74, 6) is 0.0993. The number of carbonyl (C=O) groups is 2. The minimum absolute atomic E-state index is 0.200. The first kappa shape index (κ1) is 13.9. The van der Waals surface area contributed by atoms with E-state index < -0.39 is 0 Å². The minimum atomic E-state index is -0.341. The number of hydrogen-bond acceptors (Lipinski definition) is 3. The molecule has 1 fully saturated rings. The average Bonchev–Trinajstić information content (AvgIpc) is 2.31. The van der Waals surface area contributed by atoms with Gasteiger partial charge in [0.2, 0.25) is 0 Å². The normalized spacial score (nSPS) is 24.4. The van der Waals surface area contributed by atoms with Gasteiger partial charge >= 0.3 is 5.97 Å². The van der Waals surface area contributed by atoms with Gasteiger partial charge in [0.15, 0.2) is 0 Å². The number of Topliss-reactive ketones (excluding diaryl/α,β-unsaturated/α-hetero) is 1. The standard InChI is InChI=1S/C14H22O3/c1-3-9-14(10-6-5-7-12(14)15)11-8-13(16)17-4-2/h3H,1,4-11H2,2H3/t14-/m1/s1. The molecule has 96 valence electrons. The van der Waals surface area contributed by atoms with Crippen LogP contribution in [0, 0.1) is 5.41 Å². The van der Waals surface area contributed by atoms with E-state index in [1.54, 1.807) is 13.0 Å². The maximum Gasteiger partial charge on any atom is 0.305 e. The first-order valence-electron chi connectivity index (χ1n) is 6.44. The lowest BCUT2D eigenvalue weighted by molar-refractivity contribution is -0.144. The van der Waals surface area contributed by atoms with E-state index in [2.05, 4.69) is 6.58 Å². The van der Waals surface area contributed by atoms with Crippen molar-refractivity contribution in [3.05, 3.63) is 12.7 Å². The zero-order valence-electron chi connectivity index (χ0n) is 10.7. The van der Waals surface area contributed by atoms with Gasteiger partial charge in [0.1, 0.15) is 5.78 Å². The second kappa shape index (κ2) is 6.58. The summed E-state index contributed by atoms with van der Waals surface area (Å²) >= 11 is 0. The molecule has 0 heterocycles. The van der Waals surface area contributed by atoms with Crippen LogP contribution in [0.4, 0.5) is 0 Å². The van der Waals surface area contributed by atoms with Crippen LogP contribution in [0.25, 0.3) is 0 Å². The molecule has 1 rings (SSSR count). The second-order valence-electron chi connectivity index (χ2n) is 4.71. The summed E-state index contributed by atoms with van der Waals surface area (Å²) in [4.78, 5) is 23.5. The summed E-state index contributed by atoms with van der Waals surface area (Å²) in [6, 6.07) is 0. The predicted molar refractivity (Wildman–Crippen MR) is 66.6 cm³/mol. The van der Waals surface area contributed by atoms with Crippen molar-refractivity contribution >= 4 is 11.8 Å². The first-order chi connectivity index (χ1) is 8.14. The monoisotopic (exact) mass is 238 g/mol. The maximum absolute atomic E-state index is 12.1. The lowest BCUT2D eigenvalue weighted by atomic mass is 9.68. The van der Waals surface area contributed by atoms with Crippen LogP contribution >= 0.6 is 0 Å². The lowest BCUT2D eigenvalue weighted by Gasteiger charge is -2.34. The third-order valence-electron chi connectivity index (χ3n) is 3.55. The molecule has 0 aromatic rings. The minimum Gasteiger partial charge on any atom is -0.466 e. The number of rotatable bonds is 6. The molecule has 0 N–H and O–H groups in total. The van der Waals surface area contributed by atoms with Gasteiger partial charge in [0.05, 0.1) is 6.61 Å². The summed E-state index contributed by atoms with van der Waals surface area (Å²) in [5, 5.41) is 0. The molecular weight excluding hydrogens is 216 g/mol. The Morgan fingerprint density at radius 1 is 1.53 bits per heavy atom. The smallest absolute Gasteiger partial charge is 0.305 e. The van der Waals surface area contributed by atoms with Crippen LogP contribution in [-0.2, 0) is 14.3 Å². The Kier molecular flexibility index (Phi) is 5.39. The van der Waals surface area contributed by atoms with E-state index in [9.17, 15) is 9.59 Å². The van der Waals surface area contributed by atoms with Crippen LogP contribution in [0.3, 0.4) is 0 Å². The van der Waals surface area contributed by atoms with E-state index in [1.165, 1.54) is 0 Å². The maximum atomic E-state index is 12.1. The van der Waals surface area contributed by atoms with Crippen molar-refractivity contribution in [3.63, 3.8) is 0 Å². The van der Waals surface area contributed by atoms with E-state index in [1.807, 2.05) is 0 Å². The Morgan fingerprint density at radius 3 is 2.88 bits per heavy atom. The lowest BCUT2D eigenvalue weighted by Crippen LogP contribution is -2.34. The van der Waals surface area contributed by atoms with Gasteiger partial charge in [-0.15, -0.1) is 6.58 Å². The van der Waals surface area contributed by atoms with Crippen molar-refractivity contribution in [2.24, 2.45) is 5.41 Å². The number of carbonyl (C=O) groups excluding carboxylic acids is 2. The highest BCUT2D eigenvalue weighted by atomic mass is 16.5. The van der Waals surface area contributed by atoms with Gasteiger partial charge in [-0.3, -0.25) is 9.59 Å². The largest absolute Gasteiger partial charge is 0.466 e. The van der Waals surface area contributed by atoms with Gasteiger partial charge in [0.25, 0.3) is 0 Å². The average molecular weight is 238 g/mol. The van der Waals surface area contributed by atoms with Crippen molar-refractivity contribution in [1.29, 1.82) is 0 Å². The van der Waals surface area contributed by atoms with Gasteiger partial charge in [-0.25, -0.2) is 0 Å². The summed E-state index contributed by atoms with van der Waals surface area (Å²) in [6.45, 7) is 5.93. The SMILES string of the molecule is C=CC[C@]1(CCC(=O)OCC)CCCCC1=O. The Bertz CT molecular complexity index is 296. The molecule has 1 atom stereocenters. The van der Waals surface area contributed by atoms with Crippen molar-refractivity contribution < 1.29 is 14.3 Å². The molecule has 0 unspecified atom stereocenters. The topological polar surface area (TPSA) is 43.4 Å². The number of ether oxygens (including phenoxy) is 1. The van der Waals surface area contributed by atoms with Crippen molar-refractivity contribution in [1.82, 2.24) is 0 Å². The molecule has 1 aliphatic rings. The van der Waals surface area contributed by atoms with Crippen molar-refractivity contribution in [2.75, 3.05) is 6.61 Å². The Balaban J connectivity index is 2.61. The van der Waals surface area contributed by atoms with Crippen molar-refractivity contribution in [3.8, 4) is 0 Å². The molecule has 17 heavy (non-hydrogen) atoms. The Labute approximate surface area is 103 Å². The summed E-state index contributed by atoms with van der Waals surface area (Å²) in [7, 11) is 0. The molecule has 3 heteroatoms. The van der Waals surface area contributed by atoms with E-state index >= 15 is 0 Å². The summed E-state index contributed by atoms with van der Waals surface area (Å²) < 4.78 is 4.92. The van der Waals surface area contributed by atoms with Crippen LogP contribution in [0.2, 0.25) is 0 Å². The van der Waals surface area contributed by atoms with E-state index in [0.29, 0.717) is 38.1 Å². The quantitative estimate of drug-likeness (QED) is 0.527. The molecule has 1 saturated carbocycles. The number of esters is 1. The molecule has 0 spiro atoms. The Morgan fingerprint density at radius 2 is 2.29 bits per heavy atom. The van der Waals surface area contributed by atoms with Gasteiger partial charge < -0.3 is 4.74 Å². The van der Waals surface area contributed by atoms with Crippen LogP contribution in [0.5, 0.6) is 0 Å². The third-order valence-corrected chi connectivity index (χ3v) is 3.55. The number of hydrogen-bond donors (Lipinski definition) is 0. The molecule has 1 aliphatic carbocycles. The number of allylic oxidation sites excluding steroid dienone is 1. The molecule has 0 aliphatic heterocycles. The second-order valence-corrected chi connectivity index (χ2v) is 4.71. The van der Waals surface area contributed by atoms with Gasteiger partial charge in [-0.05, 0) is 32.6 Å². The van der Waals surface area contributed by atoms with Crippen LogP contribution < -0.4 is 0 Å². The van der Waals surface area contributed by atoms with Gasteiger partial charge in [-0.2, -0.15) is 0 Å². The highest BCUT2D eigenvalue weighted by molar-refractivity contribution is 5.86. The molecule has 0 saturated heterocycles. The fourth-order valence-corrected chi connectivity index (χ4v) is 2.59. The highest BCUT2D eigenvalue weighted by Gasteiger charge is 2.38. The van der Waals surface area contributed by atoms with Gasteiger partial charge in [0, 0.05) is 18.3 Å². The zero-order valence-corrected chi connectivity index (χ0v) is 10.7. The number of ketones is 1. The van der Waals surface area contributed by atoms with E-state index in [4.69, 9.17) is 4.74 Å². The summed E-state index contributed by atoms with van der Waals surface area (Å²) in [5.41, 5.74) is -0.341.